The highest BCUT2D eigenvalue weighted by Gasteiger charge is 2.22. The summed E-state index contributed by atoms with van der Waals surface area (Å²) in [7, 11) is 2.03. The van der Waals surface area contributed by atoms with Crippen LogP contribution in [0.4, 0.5) is 0 Å². The van der Waals surface area contributed by atoms with Crippen molar-refractivity contribution in [1.29, 1.82) is 0 Å². The highest BCUT2D eigenvalue weighted by Crippen LogP contribution is 2.11. The Balaban J connectivity index is 2.33. The Bertz CT molecular complexity index is 215. The molecule has 0 aromatic heterocycles. The van der Waals surface area contributed by atoms with Crippen LogP contribution in [0.3, 0.4) is 0 Å². The molecule has 0 radical (unpaired) electrons. The van der Waals surface area contributed by atoms with E-state index in [1.54, 1.807) is 0 Å². The van der Waals surface area contributed by atoms with Gasteiger partial charge < -0.3 is 10.6 Å². The fourth-order valence-corrected chi connectivity index (χ4v) is 1.26. The minimum absolute atomic E-state index is 0.137. The van der Waals surface area contributed by atoms with Crippen LogP contribution in [0.5, 0.6) is 0 Å². The molecule has 1 fully saturated rings. The van der Waals surface area contributed by atoms with Gasteiger partial charge in [0.15, 0.2) is 6.61 Å². The van der Waals surface area contributed by atoms with Gasteiger partial charge in [-0.25, -0.2) is 0 Å². The van der Waals surface area contributed by atoms with Crippen LogP contribution in [0.2, 0.25) is 0 Å². The number of hydrogen-bond donors (Lipinski definition) is 1. The van der Waals surface area contributed by atoms with Crippen LogP contribution in [0.25, 0.3) is 0 Å². The molecule has 1 aliphatic rings. The lowest BCUT2D eigenvalue weighted by molar-refractivity contribution is -0.122. The molecule has 1 heterocycles. The smallest absolute Gasteiger partial charge is 0.258 e. The van der Waals surface area contributed by atoms with Crippen molar-refractivity contribution < 1.29 is 9.63 Å². The molecule has 0 aromatic carbocycles. The molecular formula is C8H15N3O2. The van der Waals surface area contributed by atoms with E-state index in [1.165, 1.54) is 0 Å². The highest BCUT2D eigenvalue weighted by molar-refractivity contribution is 5.88. The van der Waals surface area contributed by atoms with E-state index in [4.69, 9.17) is 10.6 Å². The van der Waals surface area contributed by atoms with Gasteiger partial charge in [0.25, 0.3) is 5.91 Å². The van der Waals surface area contributed by atoms with Crippen molar-refractivity contribution in [2.45, 2.75) is 19.4 Å². The third kappa shape index (κ3) is 3.02. The number of nitrogens with zero attached hydrogens (tertiary/aromatic N) is 2. The minimum atomic E-state index is -0.497. The van der Waals surface area contributed by atoms with Crippen LogP contribution in [-0.2, 0) is 9.63 Å². The number of carbonyl (C=O) groups excluding carboxylic acids is 1. The Kier molecular flexibility index (Phi) is 3.25. The summed E-state index contributed by atoms with van der Waals surface area (Å²) in [6.45, 7) is 2.79. The first-order valence-corrected chi connectivity index (χ1v) is 4.26. The van der Waals surface area contributed by atoms with E-state index in [2.05, 4.69) is 17.0 Å². The SMILES string of the molecule is CC1C/C(=N\OCC(N)=O)CN1C. The van der Waals surface area contributed by atoms with Crippen molar-refractivity contribution in [3.05, 3.63) is 0 Å². The Morgan fingerprint density at radius 1 is 1.85 bits per heavy atom. The average Bonchev–Trinajstić information content (AvgIpc) is 2.30. The summed E-state index contributed by atoms with van der Waals surface area (Å²) < 4.78 is 0. The second kappa shape index (κ2) is 4.23. The second-order valence-corrected chi connectivity index (χ2v) is 3.37. The van der Waals surface area contributed by atoms with Crippen LogP contribution in [0.15, 0.2) is 5.16 Å². The molecule has 2 N–H and O–H groups in total. The van der Waals surface area contributed by atoms with E-state index in [0.717, 1.165) is 18.7 Å². The Morgan fingerprint density at radius 3 is 3.00 bits per heavy atom. The standard InChI is InChI=1S/C8H15N3O2/c1-6-3-7(4-11(6)2)10-13-5-8(9)12/h6H,3-5H2,1-2H3,(H2,9,12)/b10-7+. The van der Waals surface area contributed by atoms with Crippen molar-refractivity contribution >= 4 is 11.6 Å². The number of oxime groups is 1. The molecular weight excluding hydrogens is 170 g/mol. The number of carbonyl (C=O) groups is 1. The molecule has 5 nitrogen and oxygen atoms in total. The van der Waals surface area contributed by atoms with Crippen molar-refractivity contribution in [1.82, 2.24) is 4.90 Å². The first-order chi connectivity index (χ1) is 6.09. The maximum absolute atomic E-state index is 10.3. The molecule has 1 amide bonds. The summed E-state index contributed by atoms with van der Waals surface area (Å²) in [6.07, 6.45) is 0.898. The topological polar surface area (TPSA) is 67.9 Å². The quantitative estimate of drug-likeness (QED) is 0.606. The molecule has 0 aliphatic carbocycles. The largest absolute Gasteiger partial charge is 0.386 e. The molecule has 13 heavy (non-hydrogen) atoms. The van der Waals surface area contributed by atoms with Crippen LogP contribution in [-0.4, -0.2) is 42.8 Å². The summed E-state index contributed by atoms with van der Waals surface area (Å²) in [6, 6.07) is 0.496. The van der Waals surface area contributed by atoms with E-state index < -0.39 is 5.91 Å². The van der Waals surface area contributed by atoms with Gasteiger partial charge in [0.05, 0.1) is 5.71 Å². The predicted molar refractivity (Wildman–Crippen MR) is 49.3 cm³/mol. The molecule has 1 aliphatic heterocycles. The molecule has 0 bridgehead atoms. The van der Waals surface area contributed by atoms with Gasteiger partial charge in [-0.15, -0.1) is 0 Å². The minimum Gasteiger partial charge on any atom is -0.386 e. The molecule has 1 atom stereocenters. The van der Waals surface area contributed by atoms with Gasteiger partial charge in [-0.2, -0.15) is 0 Å². The van der Waals surface area contributed by atoms with Gasteiger partial charge in [-0.3, -0.25) is 9.69 Å². The maximum Gasteiger partial charge on any atom is 0.258 e. The number of hydrogen-bond acceptors (Lipinski definition) is 4. The molecule has 0 saturated carbocycles. The first kappa shape index (κ1) is 9.98. The van der Waals surface area contributed by atoms with E-state index in [9.17, 15) is 4.79 Å². The van der Waals surface area contributed by atoms with Gasteiger partial charge in [0.1, 0.15) is 0 Å². The summed E-state index contributed by atoms with van der Waals surface area (Å²) in [5, 5.41) is 3.84. The summed E-state index contributed by atoms with van der Waals surface area (Å²) in [4.78, 5) is 17.3. The third-order valence-corrected chi connectivity index (χ3v) is 2.12. The normalized spacial score (nSPS) is 26.6. The molecule has 1 unspecified atom stereocenters. The summed E-state index contributed by atoms with van der Waals surface area (Å²) in [5.41, 5.74) is 5.86. The van der Waals surface area contributed by atoms with Crippen molar-refractivity contribution in [3.8, 4) is 0 Å². The zero-order valence-corrected chi connectivity index (χ0v) is 7.99. The van der Waals surface area contributed by atoms with Gasteiger partial charge in [-0.05, 0) is 14.0 Å². The van der Waals surface area contributed by atoms with Gasteiger partial charge in [-0.1, -0.05) is 5.16 Å². The molecule has 1 rings (SSSR count). The molecule has 5 heteroatoms. The number of likely N-dealkylation sites (tertiary alicyclic amines) is 1. The Labute approximate surface area is 77.5 Å². The molecule has 74 valence electrons. The van der Waals surface area contributed by atoms with Crippen molar-refractivity contribution in [2.24, 2.45) is 10.9 Å². The maximum atomic E-state index is 10.3. The van der Waals surface area contributed by atoms with Gasteiger partial charge in [0.2, 0.25) is 0 Å². The number of amides is 1. The lowest BCUT2D eigenvalue weighted by Crippen LogP contribution is -2.21. The molecule has 0 spiro atoms. The highest BCUT2D eigenvalue weighted by atomic mass is 16.6. The van der Waals surface area contributed by atoms with E-state index in [-0.39, 0.29) is 6.61 Å². The summed E-state index contributed by atoms with van der Waals surface area (Å²) >= 11 is 0. The molecule has 0 aromatic rings. The number of rotatable bonds is 3. The van der Waals surface area contributed by atoms with Crippen LogP contribution in [0, 0.1) is 0 Å². The first-order valence-electron chi connectivity index (χ1n) is 4.26. The van der Waals surface area contributed by atoms with Gasteiger partial charge >= 0.3 is 0 Å². The van der Waals surface area contributed by atoms with Gasteiger partial charge in [0, 0.05) is 19.0 Å². The lowest BCUT2D eigenvalue weighted by Gasteiger charge is -2.11. The van der Waals surface area contributed by atoms with Crippen molar-refractivity contribution in [2.75, 3.05) is 20.2 Å². The lowest BCUT2D eigenvalue weighted by atomic mass is 10.2. The van der Waals surface area contributed by atoms with E-state index >= 15 is 0 Å². The van der Waals surface area contributed by atoms with Crippen LogP contribution < -0.4 is 5.73 Å². The zero-order chi connectivity index (χ0) is 9.84. The van der Waals surface area contributed by atoms with Crippen LogP contribution in [0.1, 0.15) is 13.3 Å². The summed E-state index contributed by atoms with van der Waals surface area (Å²) in [5.74, 6) is -0.497. The van der Waals surface area contributed by atoms with Crippen LogP contribution >= 0.6 is 0 Å². The predicted octanol–water partition coefficient (Wildman–Crippen LogP) is -0.432. The zero-order valence-electron chi connectivity index (χ0n) is 7.99. The molecule has 1 saturated heterocycles. The second-order valence-electron chi connectivity index (χ2n) is 3.37. The number of nitrogens with two attached hydrogens (primary N) is 1. The monoisotopic (exact) mass is 185 g/mol. The Hall–Kier alpha value is -1.10. The fourth-order valence-electron chi connectivity index (χ4n) is 1.26. The van der Waals surface area contributed by atoms with E-state index in [1.807, 2.05) is 7.05 Å². The fraction of sp³-hybridized carbons (Fsp3) is 0.750. The Morgan fingerprint density at radius 2 is 2.54 bits per heavy atom. The number of primary amides is 1. The van der Waals surface area contributed by atoms with Crippen molar-refractivity contribution in [3.63, 3.8) is 0 Å². The third-order valence-electron chi connectivity index (χ3n) is 2.12. The van der Waals surface area contributed by atoms with E-state index in [0.29, 0.717) is 6.04 Å². The average molecular weight is 185 g/mol.